The number of carbonyl (C=O) groups excluding carboxylic acids is 2. The molecular formula is C19H25NO4. The van der Waals surface area contributed by atoms with Gasteiger partial charge in [0.25, 0.3) is 0 Å². The molecule has 0 spiro atoms. The Bertz CT molecular complexity index is 637. The van der Waals surface area contributed by atoms with Crippen molar-refractivity contribution in [3.8, 4) is 0 Å². The molecule has 0 aliphatic carbocycles. The number of nitrogens with zero attached hydrogens (tertiary/aromatic N) is 1. The van der Waals surface area contributed by atoms with Crippen LogP contribution in [0.5, 0.6) is 0 Å². The van der Waals surface area contributed by atoms with Crippen LogP contribution in [0.3, 0.4) is 0 Å². The van der Waals surface area contributed by atoms with Crippen LogP contribution in [0.4, 0.5) is 0 Å². The molecule has 5 heteroatoms. The lowest BCUT2D eigenvalue weighted by atomic mass is 9.89. The second-order valence-electron chi connectivity index (χ2n) is 7.85. The van der Waals surface area contributed by atoms with Crippen molar-refractivity contribution < 1.29 is 19.1 Å². The summed E-state index contributed by atoms with van der Waals surface area (Å²) < 4.78 is 10.9. The Labute approximate surface area is 142 Å². The minimum Gasteiger partial charge on any atom is -0.467 e. The van der Waals surface area contributed by atoms with Crippen LogP contribution in [0.15, 0.2) is 30.3 Å². The Kier molecular flexibility index (Phi) is 4.16. The molecule has 130 valence electrons. The summed E-state index contributed by atoms with van der Waals surface area (Å²) in [5, 5.41) is 0. The second-order valence-corrected chi connectivity index (χ2v) is 7.85. The maximum absolute atomic E-state index is 13.1. The van der Waals surface area contributed by atoms with Crippen molar-refractivity contribution in [3.05, 3.63) is 35.9 Å². The average Bonchev–Trinajstić information content (AvgIpc) is 3.05. The third-order valence-electron chi connectivity index (χ3n) is 4.98. The first-order valence-corrected chi connectivity index (χ1v) is 8.37. The Morgan fingerprint density at radius 3 is 2.58 bits per heavy atom. The molecule has 3 atom stereocenters. The molecule has 0 bridgehead atoms. The van der Waals surface area contributed by atoms with E-state index in [0.29, 0.717) is 12.8 Å². The fourth-order valence-electron chi connectivity index (χ4n) is 3.89. The van der Waals surface area contributed by atoms with Crippen molar-refractivity contribution in [1.29, 1.82) is 0 Å². The number of hydrogen-bond acceptors (Lipinski definition) is 4. The molecule has 3 rings (SSSR count). The lowest BCUT2D eigenvalue weighted by Gasteiger charge is -2.36. The predicted molar refractivity (Wildman–Crippen MR) is 89.0 cm³/mol. The number of amides is 1. The van der Waals surface area contributed by atoms with E-state index in [2.05, 4.69) is 0 Å². The molecule has 2 heterocycles. The molecule has 1 aromatic rings. The summed E-state index contributed by atoms with van der Waals surface area (Å²) in [5.41, 5.74) is -0.152. The molecule has 1 amide bonds. The Balaban J connectivity index is 1.93. The quantitative estimate of drug-likeness (QED) is 0.798. The summed E-state index contributed by atoms with van der Waals surface area (Å²) in [4.78, 5) is 27.3. The number of rotatable bonds is 3. The maximum Gasteiger partial charge on any atom is 0.334 e. The molecule has 0 N–H and O–H groups in total. The minimum atomic E-state index is -0.983. The smallest absolute Gasteiger partial charge is 0.334 e. The standard InChI is InChI=1S/C19H25NO4/c1-18(2,3)16-20-15(21)14(10-13-8-6-5-7-9-13)11-19(20,12-24-16)17(22)23-4/h5-9,14,16H,10-12H2,1-4H3/t14-,16+,19-/m1/s1. The van der Waals surface area contributed by atoms with Crippen LogP contribution in [0.2, 0.25) is 0 Å². The van der Waals surface area contributed by atoms with Crippen LogP contribution in [0.1, 0.15) is 32.8 Å². The highest BCUT2D eigenvalue weighted by Crippen LogP contribution is 2.47. The monoisotopic (exact) mass is 331 g/mol. The van der Waals surface area contributed by atoms with Gasteiger partial charge in [0, 0.05) is 11.3 Å². The molecule has 0 saturated carbocycles. The van der Waals surface area contributed by atoms with Crippen molar-refractivity contribution in [1.82, 2.24) is 4.90 Å². The van der Waals surface area contributed by atoms with Crippen molar-refractivity contribution in [2.75, 3.05) is 13.7 Å². The lowest BCUT2D eigenvalue weighted by molar-refractivity contribution is -0.158. The van der Waals surface area contributed by atoms with E-state index in [-0.39, 0.29) is 29.8 Å². The Hall–Kier alpha value is -1.88. The average molecular weight is 331 g/mol. The van der Waals surface area contributed by atoms with Gasteiger partial charge in [-0.05, 0) is 18.4 Å². The number of methoxy groups -OCH3 is 1. The molecular weight excluding hydrogens is 306 g/mol. The molecule has 1 aromatic carbocycles. The second kappa shape index (κ2) is 5.88. The molecule has 2 aliphatic heterocycles. The van der Waals surface area contributed by atoms with Gasteiger partial charge in [-0.3, -0.25) is 9.69 Å². The molecule has 0 unspecified atom stereocenters. The van der Waals surface area contributed by atoms with Crippen LogP contribution in [0.25, 0.3) is 0 Å². The van der Waals surface area contributed by atoms with E-state index in [1.807, 2.05) is 51.1 Å². The van der Waals surface area contributed by atoms with Gasteiger partial charge in [-0.25, -0.2) is 4.79 Å². The van der Waals surface area contributed by atoms with Crippen molar-refractivity contribution in [3.63, 3.8) is 0 Å². The number of esters is 1. The third-order valence-corrected chi connectivity index (χ3v) is 4.98. The molecule has 24 heavy (non-hydrogen) atoms. The highest BCUT2D eigenvalue weighted by Gasteiger charge is 2.64. The molecule has 2 fully saturated rings. The number of hydrogen-bond donors (Lipinski definition) is 0. The highest BCUT2D eigenvalue weighted by atomic mass is 16.6. The first-order valence-electron chi connectivity index (χ1n) is 8.37. The summed E-state index contributed by atoms with van der Waals surface area (Å²) in [7, 11) is 1.37. The minimum absolute atomic E-state index is 0.0123. The van der Waals surface area contributed by atoms with Crippen LogP contribution >= 0.6 is 0 Å². The zero-order chi connectivity index (χ0) is 17.5. The zero-order valence-electron chi connectivity index (χ0n) is 14.7. The van der Waals surface area contributed by atoms with Gasteiger partial charge < -0.3 is 9.47 Å². The summed E-state index contributed by atoms with van der Waals surface area (Å²) in [6.07, 6.45) is 0.663. The van der Waals surface area contributed by atoms with E-state index >= 15 is 0 Å². The van der Waals surface area contributed by atoms with Crippen LogP contribution in [-0.2, 0) is 25.5 Å². The summed E-state index contributed by atoms with van der Waals surface area (Å²) in [6, 6.07) is 9.91. The molecule has 2 saturated heterocycles. The highest BCUT2D eigenvalue weighted by molar-refractivity contribution is 5.94. The van der Waals surface area contributed by atoms with Crippen LogP contribution < -0.4 is 0 Å². The third kappa shape index (κ3) is 2.61. The normalized spacial score (nSPS) is 29.7. The lowest BCUT2D eigenvalue weighted by Crippen LogP contribution is -2.54. The summed E-state index contributed by atoms with van der Waals surface area (Å²) >= 11 is 0. The molecule has 0 radical (unpaired) electrons. The van der Waals surface area contributed by atoms with E-state index in [1.54, 1.807) is 4.90 Å². The molecule has 2 aliphatic rings. The summed E-state index contributed by atoms with van der Waals surface area (Å²) in [6.45, 7) is 6.26. The zero-order valence-corrected chi connectivity index (χ0v) is 14.7. The van der Waals surface area contributed by atoms with Gasteiger partial charge in [0.05, 0.1) is 13.7 Å². The van der Waals surface area contributed by atoms with Crippen LogP contribution in [0, 0.1) is 11.3 Å². The van der Waals surface area contributed by atoms with Gasteiger partial charge in [-0.15, -0.1) is 0 Å². The number of carbonyl (C=O) groups is 2. The largest absolute Gasteiger partial charge is 0.467 e. The molecule has 5 nitrogen and oxygen atoms in total. The fraction of sp³-hybridized carbons (Fsp3) is 0.579. The van der Waals surface area contributed by atoms with E-state index in [4.69, 9.17) is 9.47 Å². The van der Waals surface area contributed by atoms with E-state index in [1.165, 1.54) is 7.11 Å². The van der Waals surface area contributed by atoms with Gasteiger partial charge in [0.2, 0.25) is 5.91 Å². The van der Waals surface area contributed by atoms with E-state index in [0.717, 1.165) is 5.56 Å². The summed E-state index contributed by atoms with van der Waals surface area (Å²) in [5.74, 6) is -0.611. The number of benzene rings is 1. The van der Waals surface area contributed by atoms with Crippen LogP contribution in [-0.4, -0.2) is 42.3 Å². The van der Waals surface area contributed by atoms with Gasteiger partial charge >= 0.3 is 5.97 Å². The SMILES string of the molecule is COC(=O)[C@@]12CO[C@@H](C(C)(C)C)N1C(=O)[C@H](Cc1ccccc1)C2. The Morgan fingerprint density at radius 2 is 2.00 bits per heavy atom. The Morgan fingerprint density at radius 1 is 1.33 bits per heavy atom. The van der Waals surface area contributed by atoms with Gasteiger partial charge in [-0.1, -0.05) is 51.1 Å². The van der Waals surface area contributed by atoms with Gasteiger partial charge in [0.15, 0.2) is 5.54 Å². The van der Waals surface area contributed by atoms with E-state index < -0.39 is 11.8 Å². The first-order chi connectivity index (χ1) is 11.3. The van der Waals surface area contributed by atoms with Crippen molar-refractivity contribution >= 4 is 11.9 Å². The maximum atomic E-state index is 13.1. The predicted octanol–water partition coefficient (Wildman–Crippen LogP) is 2.39. The topological polar surface area (TPSA) is 55.8 Å². The molecule has 0 aromatic heterocycles. The fourth-order valence-corrected chi connectivity index (χ4v) is 3.89. The number of ether oxygens (including phenoxy) is 2. The van der Waals surface area contributed by atoms with Gasteiger partial charge in [-0.2, -0.15) is 0 Å². The number of fused-ring (bicyclic) bond motifs is 1. The van der Waals surface area contributed by atoms with Gasteiger partial charge in [0.1, 0.15) is 6.23 Å². The van der Waals surface area contributed by atoms with Crippen molar-refractivity contribution in [2.24, 2.45) is 11.3 Å². The van der Waals surface area contributed by atoms with Crippen molar-refractivity contribution in [2.45, 2.75) is 45.4 Å². The van der Waals surface area contributed by atoms with E-state index in [9.17, 15) is 9.59 Å². The first kappa shape index (κ1) is 17.0.